The van der Waals surface area contributed by atoms with Crippen LogP contribution in [0.1, 0.15) is 16.9 Å². The summed E-state index contributed by atoms with van der Waals surface area (Å²) >= 11 is 6.16. The summed E-state index contributed by atoms with van der Waals surface area (Å²) in [6.45, 7) is 2.32. The van der Waals surface area contributed by atoms with Crippen LogP contribution in [0.2, 0.25) is 5.02 Å². The molecule has 2 aromatic rings. The first-order chi connectivity index (χ1) is 9.72. The first kappa shape index (κ1) is 13.5. The Morgan fingerprint density at radius 3 is 3.00 bits per heavy atom. The van der Waals surface area contributed by atoms with Crippen molar-refractivity contribution in [2.45, 2.75) is 19.7 Å². The molecular formula is C15H16ClNO3. The summed E-state index contributed by atoms with van der Waals surface area (Å²) in [7, 11) is 2.04. The molecule has 1 aliphatic heterocycles. The van der Waals surface area contributed by atoms with Crippen LogP contribution in [0.4, 0.5) is 0 Å². The standard InChI is InChI=1S/C15H16ClNO3/c1-17(8-14-3-2-4-19-14)7-11-5-13(16)6-12-9-18-10-20-15(11)12/h2-6H,7-10H2,1H3. The second-order valence-electron chi connectivity index (χ2n) is 4.92. The van der Waals surface area contributed by atoms with E-state index < -0.39 is 0 Å². The van der Waals surface area contributed by atoms with Gasteiger partial charge in [-0.2, -0.15) is 0 Å². The zero-order valence-electron chi connectivity index (χ0n) is 11.3. The fourth-order valence-corrected chi connectivity index (χ4v) is 2.65. The number of fused-ring (bicyclic) bond motifs is 1. The second kappa shape index (κ2) is 5.87. The highest BCUT2D eigenvalue weighted by Crippen LogP contribution is 2.32. The molecule has 0 atom stereocenters. The van der Waals surface area contributed by atoms with Crippen LogP contribution in [0.3, 0.4) is 0 Å². The summed E-state index contributed by atoms with van der Waals surface area (Å²) in [6.07, 6.45) is 1.69. The van der Waals surface area contributed by atoms with Crippen LogP contribution < -0.4 is 4.74 Å². The molecule has 0 saturated carbocycles. The molecule has 0 saturated heterocycles. The number of benzene rings is 1. The van der Waals surface area contributed by atoms with Gasteiger partial charge in [0.2, 0.25) is 0 Å². The normalized spacial score (nSPS) is 14.2. The molecular weight excluding hydrogens is 278 g/mol. The number of nitrogens with zero attached hydrogens (tertiary/aromatic N) is 1. The summed E-state index contributed by atoms with van der Waals surface area (Å²) in [5.74, 6) is 1.83. The van der Waals surface area contributed by atoms with Gasteiger partial charge in [-0.3, -0.25) is 4.90 Å². The molecule has 0 aliphatic carbocycles. The maximum atomic E-state index is 6.16. The van der Waals surface area contributed by atoms with E-state index in [0.717, 1.165) is 35.7 Å². The van der Waals surface area contributed by atoms with Crippen LogP contribution in [0, 0.1) is 0 Å². The van der Waals surface area contributed by atoms with Gasteiger partial charge in [0.05, 0.1) is 19.4 Å². The van der Waals surface area contributed by atoms with Crippen LogP contribution in [0.5, 0.6) is 5.75 Å². The van der Waals surface area contributed by atoms with Crippen molar-refractivity contribution in [1.82, 2.24) is 4.90 Å². The Hall–Kier alpha value is -1.49. The van der Waals surface area contributed by atoms with Crippen molar-refractivity contribution in [3.05, 3.63) is 52.4 Å². The average Bonchev–Trinajstić information content (AvgIpc) is 2.91. The van der Waals surface area contributed by atoms with Gasteiger partial charge in [0.1, 0.15) is 11.5 Å². The summed E-state index contributed by atoms with van der Waals surface area (Å²) in [5, 5.41) is 0.708. The van der Waals surface area contributed by atoms with Crippen molar-refractivity contribution in [2.24, 2.45) is 0 Å². The van der Waals surface area contributed by atoms with Crippen LogP contribution in [-0.2, 0) is 24.4 Å². The fourth-order valence-electron chi connectivity index (χ4n) is 2.39. The van der Waals surface area contributed by atoms with E-state index in [2.05, 4.69) is 4.90 Å². The predicted octanol–water partition coefficient (Wildman–Crippen LogP) is 3.43. The molecule has 3 rings (SSSR count). The number of rotatable bonds is 4. The highest BCUT2D eigenvalue weighted by atomic mass is 35.5. The Morgan fingerprint density at radius 1 is 1.30 bits per heavy atom. The van der Waals surface area contributed by atoms with Crippen molar-refractivity contribution in [3.63, 3.8) is 0 Å². The lowest BCUT2D eigenvalue weighted by molar-refractivity contribution is -0.0174. The third-order valence-corrected chi connectivity index (χ3v) is 3.42. The minimum Gasteiger partial charge on any atom is -0.468 e. The Labute approximate surface area is 122 Å². The van der Waals surface area contributed by atoms with E-state index in [9.17, 15) is 0 Å². The van der Waals surface area contributed by atoms with Crippen molar-refractivity contribution >= 4 is 11.6 Å². The third kappa shape index (κ3) is 2.98. The lowest BCUT2D eigenvalue weighted by Gasteiger charge is -2.23. The smallest absolute Gasteiger partial charge is 0.189 e. The molecule has 1 aromatic carbocycles. The van der Waals surface area contributed by atoms with Crippen molar-refractivity contribution in [3.8, 4) is 5.75 Å². The van der Waals surface area contributed by atoms with Crippen molar-refractivity contribution in [2.75, 3.05) is 13.8 Å². The summed E-state index contributed by atoms with van der Waals surface area (Å²) in [6, 6.07) is 7.70. The summed E-state index contributed by atoms with van der Waals surface area (Å²) in [4.78, 5) is 2.16. The Morgan fingerprint density at radius 2 is 2.20 bits per heavy atom. The molecule has 106 valence electrons. The van der Waals surface area contributed by atoms with E-state index in [1.165, 1.54) is 0 Å². The topological polar surface area (TPSA) is 34.8 Å². The maximum Gasteiger partial charge on any atom is 0.189 e. The molecule has 0 spiro atoms. The van der Waals surface area contributed by atoms with Gasteiger partial charge >= 0.3 is 0 Å². The Balaban J connectivity index is 1.78. The van der Waals surface area contributed by atoms with Crippen molar-refractivity contribution < 1.29 is 13.9 Å². The predicted molar refractivity (Wildman–Crippen MR) is 75.6 cm³/mol. The Kier molecular flexibility index (Phi) is 3.96. The van der Waals surface area contributed by atoms with Gasteiger partial charge in [-0.15, -0.1) is 0 Å². The van der Waals surface area contributed by atoms with Crippen LogP contribution in [0.15, 0.2) is 34.9 Å². The SMILES string of the molecule is CN(Cc1ccco1)Cc1cc(Cl)cc2c1OCOC2. The van der Waals surface area contributed by atoms with Crippen LogP contribution >= 0.6 is 11.6 Å². The molecule has 1 aromatic heterocycles. The molecule has 1 aliphatic rings. The van der Waals surface area contributed by atoms with Gasteiger partial charge in [0.25, 0.3) is 0 Å². The molecule has 0 unspecified atom stereocenters. The van der Waals surface area contributed by atoms with Gasteiger partial charge in [-0.25, -0.2) is 0 Å². The third-order valence-electron chi connectivity index (χ3n) is 3.20. The highest BCUT2D eigenvalue weighted by Gasteiger charge is 2.17. The number of furan rings is 1. The first-order valence-electron chi connectivity index (χ1n) is 6.45. The molecule has 20 heavy (non-hydrogen) atoms. The van der Waals surface area contributed by atoms with E-state index in [-0.39, 0.29) is 0 Å². The zero-order valence-corrected chi connectivity index (χ0v) is 12.0. The monoisotopic (exact) mass is 293 g/mol. The minimum absolute atomic E-state index is 0.295. The summed E-state index contributed by atoms with van der Waals surface area (Å²) in [5.41, 5.74) is 2.08. The van der Waals surface area contributed by atoms with Crippen LogP contribution in [-0.4, -0.2) is 18.7 Å². The number of hydrogen-bond donors (Lipinski definition) is 0. The summed E-state index contributed by atoms with van der Waals surface area (Å²) < 4.78 is 16.3. The lowest BCUT2D eigenvalue weighted by Crippen LogP contribution is -2.20. The molecule has 2 heterocycles. The quantitative estimate of drug-likeness (QED) is 0.865. The molecule has 0 fully saturated rings. The maximum absolute atomic E-state index is 6.16. The average molecular weight is 294 g/mol. The van der Waals surface area contributed by atoms with Crippen molar-refractivity contribution in [1.29, 1.82) is 0 Å². The van der Waals surface area contributed by atoms with Crippen LogP contribution in [0.25, 0.3) is 0 Å². The van der Waals surface area contributed by atoms with E-state index in [4.69, 9.17) is 25.5 Å². The number of hydrogen-bond acceptors (Lipinski definition) is 4. The number of ether oxygens (including phenoxy) is 2. The highest BCUT2D eigenvalue weighted by molar-refractivity contribution is 6.30. The lowest BCUT2D eigenvalue weighted by atomic mass is 10.1. The van der Waals surface area contributed by atoms with Gasteiger partial charge in [-0.05, 0) is 31.3 Å². The van der Waals surface area contributed by atoms with Gasteiger partial charge in [-0.1, -0.05) is 11.6 Å². The van der Waals surface area contributed by atoms with Gasteiger partial charge in [0, 0.05) is 22.7 Å². The molecule has 0 bridgehead atoms. The molecule has 0 amide bonds. The van der Waals surface area contributed by atoms with Gasteiger partial charge in [0.15, 0.2) is 6.79 Å². The fraction of sp³-hybridized carbons (Fsp3) is 0.333. The van der Waals surface area contributed by atoms with Gasteiger partial charge < -0.3 is 13.9 Å². The van der Waals surface area contributed by atoms with E-state index in [1.807, 2.05) is 31.3 Å². The second-order valence-corrected chi connectivity index (χ2v) is 5.35. The Bertz CT molecular complexity index is 583. The zero-order chi connectivity index (χ0) is 13.9. The van der Waals surface area contributed by atoms with E-state index >= 15 is 0 Å². The molecule has 4 nitrogen and oxygen atoms in total. The molecule has 0 N–H and O–H groups in total. The first-order valence-corrected chi connectivity index (χ1v) is 6.83. The van der Waals surface area contributed by atoms with E-state index in [1.54, 1.807) is 6.26 Å². The molecule has 5 heteroatoms. The number of halogens is 1. The largest absolute Gasteiger partial charge is 0.468 e. The minimum atomic E-state index is 0.295. The molecule has 0 radical (unpaired) electrons. The van der Waals surface area contributed by atoms with E-state index in [0.29, 0.717) is 18.4 Å².